The van der Waals surface area contributed by atoms with Gasteiger partial charge in [0.1, 0.15) is 11.9 Å². The Kier molecular flexibility index (Phi) is 3.59. The van der Waals surface area contributed by atoms with E-state index in [-0.39, 0.29) is 21.8 Å². The Morgan fingerprint density at radius 2 is 1.90 bits per heavy atom. The molecule has 0 heterocycles. The van der Waals surface area contributed by atoms with Gasteiger partial charge in [-0.15, -0.1) is 0 Å². The molecule has 2 aromatic carbocycles. The second-order valence-corrected chi connectivity index (χ2v) is 5.63. The number of nitrogens with one attached hydrogen (secondary N) is 1. The largest absolute Gasteiger partial charge is 0.396 e. The van der Waals surface area contributed by atoms with Gasteiger partial charge in [0, 0.05) is 0 Å². The highest BCUT2D eigenvalue weighted by Gasteiger charge is 2.17. The van der Waals surface area contributed by atoms with Gasteiger partial charge in [-0.1, -0.05) is 12.1 Å². The van der Waals surface area contributed by atoms with E-state index in [4.69, 9.17) is 11.0 Å². The molecule has 0 aliphatic heterocycles. The number of nitrogen functional groups attached to an aromatic ring is 1. The normalized spacial score (nSPS) is 10.8. The van der Waals surface area contributed by atoms with Crippen LogP contribution in [0.25, 0.3) is 0 Å². The molecule has 0 radical (unpaired) electrons. The van der Waals surface area contributed by atoms with Gasteiger partial charge < -0.3 is 5.73 Å². The molecule has 7 heteroatoms. The minimum Gasteiger partial charge on any atom is -0.396 e. The van der Waals surface area contributed by atoms with Gasteiger partial charge in [0.25, 0.3) is 10.0 Å². The lowest BCUT2D eigenvalue weighted by atomic mass is 10.2. The van der Waals surface area contributed by atoms with Crippen molar-refractivity contribution in [2.24, 2.45) is 0 Å². The smallest absolute Gasteiger partial charge is 0.262 e. The van der Waals surface area contributed by atoms with Crippen molar-refractivity contribution >= 4 is 21.4 Å². The first kappa shape index (κ1) is 13.8. The molecule has 0 saturated carbocycles. The molecule has 0 saturated heterocycles. The molecule has 0 fully saturated rings. The molecule has 0 amide bonds. The monoisotopic (exact) mass is 291 g/mol. The molecule has 0 unspecified atom stereocenters. The summed E-state index contributed by atoms with van der Waals surface area (Å²) in [7, 11) is -3.93. The molecule has 102 valence electrons. The number of rotatable bonds is 3. The van der Waals surface area contributed by atoms with E-state index in [9.17, 15) is 12.8 Å². The van der Waals surface area contributed by atoms with Crippen LogP contribution in [-0.2, 0) is 10.0 Å². The number of nitrogens with zero attached hydrogens (tertiary/aromatic N) is 1. The molecule has 3 N–H and O–H groups in total. The van der Waals surface area contributed by atoms with E-state index in [1.165, 1.54) is 12.1 Å². The maximum absolute atomic E-state index is 13.0. The zero-order valence-electron chi connectivity index (χ0n) is 10.2. The van der Waals surface area contributed by atoms with Crippen molar-refractivity contribution in [1.82, 2.24) is 0 Å². The lowest BCUT2D eigenvalue weighted by Crippen LogP contribution is -2.14. The van der Waals surface area contributed by atoms with E-state index in [0.717, 1.165) is 18.2 Å². The first-order valence-electron chi connectivity index (χ1n) is 5.51. The van der Waals surface area contributed by atoms with Crippen molar-refractivity contribution in [3.05, 3.63) is 53.8 Å². The highest BCUT2D eigenvalue weighted by atomic mass is 32.2. The fourth-order valence-corrected chi connectivity index (χ4v) is 2.68. The lowest BCUT2D eigenvalue weighted by molar-refractivity contribution is 0.600. The summed E-state index contributed by atoms with van der Waals surface area (Å²) in [5.74, 6) is -0.693. The van der Waals surface area contributed by atoms with E-state index >= 15 is 0 Å². The summed E-state index contributed by atoms with van der Waals surface area (Å²) in [5, 5.41) is 8.91. The van der Waals surface area contributed by atoms with E-state index in [1.54, 1.807) is 12.1 Å². The summed E-state index contributed by atoms with van der Waals surface area (Å²) in [6.07, 6.45) is 0. The van der Waals surface area contributed by atoms with Gasteiger partial charge in [-0.3, -0.25) is 4.72 Å². The van der Waals surface area contributed by atoms with Crippen LogP contribution < -0.4 is 10.5 Å². The van der Waals surface area contributed by atoms with Gasteiger partial charge in [0.05, 0.1) is 21.8 Å². The van der Waals surface area contributed by atoms with Gasteiger partial charge in [-0.05, 0) is 30.3 Å². The number of halogens is 1. The molecular weight excluding hydrogens is 281 g/mol. The topological polar surface area (TPSA) is 96.0 Å². The summed E-state index contributed by atoms with van der Waals surface area (Å²) in [4.78, 5) is -0.177. The van der Waals surface area contributed by atoms with Gasteiger partial charge >= 0.3 is 0 Å². The van der Waals surface area contributed by atoms with Crippen LogP contribution in [0.2, 0.25) is 0 Å². The molecule has 0 atom stereocenters. The number of hydrogen-bond donors (Lipinski definition) is 2. The van der Waals surface area contributed by atoms with Crippen molar-refractivity contribution in [1.29, 1.82) is 5.26 Å². The first-order valence-corrected chi connectivity index (χ1v) is 6.99. The van der Waals surface area contributed by atoms with Gasteiger partial charge in [-0.2, -0.15) is 5.26 Å². The number of hydrogen-bond acceptors (Lipinski definition) is 4. The maximum Gasteiger partial charge on any atom is 0.262 e. The Labute approximate surface area is 115 Å². The Balaban J connectivity index is 2.41. The average molecular weight is 291 g/mol. The molecule has 0 bridgehead atoms. The Morgan fingerprint density at radius 1 is 1.20 bits per heavy atom. The summed E-state index contributed by atoms with van der Waals surface area (Å²) in [6, 6.07) is 11.1. The molecule has 0 aliphatic carbocycles. The fourth-order valence-electron chi connectivity index (χ4n) is 1.56. The van der Waals surface area contributed by atoms with Crippen LogP contribution in [0.3, 0.4) is 0 Å². The number of nitrogens with two attached hydrogens (primary N) is 1. The van der Waals surface area contributed by atoms with Crippen molar-refractivity contribution in [2.75, 3.05) is 10.5 Å². The van der Waals surface area contributed by atoms with Crippen LogP contribution in [0, 0.1) is 17.1 Å². The van der Waals surface area contributed by atoms with Crippen LogP contribution in [0.1, 0.15) is 5.56 Å². The second kappa shape index (κ2) is 5.19. The lowest BCUT2D eigenvalue weighted by Gasteiger charge is -2.10. The molecule has 5 nitrogen and oxygen atoms in total. The molecule has 0 aromatic heterocycles. The van der Waals surface area contributed by atoms with Crippen LogP contribution in [-0.4, -0.2) is 8.42 Å². The number of benzene rings is 2. The molecule has 0 aliphatic rings. The average Bonchev–Trinajstić information content (AvgIpc) is 2.42. The number of anilines is 2. The summed E-state index contributed by atoms with van der Waals surface area (Å²) < 4.78 is 39.6. The summed E-state index contributed by atoms with van der Waals surface area (Å²) in [6.45, 7) is 0. The molecule has 2 rings (SSSR count). The highest BCUT2D eigenvalue weighted by Crippen LogP contribution is 2.21. The van der Waals surface area contributed by atoms with Gasteiger partial charge in [0.15, 0.2) is 0 Å². The molecular formula is C13H10FN3O2S. The van der Waals surface area contributed by atoms with Crippen molar-refractivity contribution in [3.63, 3.8) is 0 Å². The summed E-state index contributed by atoms with van der Waals surface area (Å²) in [5.41, 5.74) is 5.42. The standard InChI is InChI=1S/C13H10FN3O2S/c14-11-6-5-10(7-12(11)16)20(18,19)17-13-4-2-1-3-9(13)8-15/h1-7,17H,16H2. The Morgan fingerprint density at radius 3 is 2.55 bits per heavy atom. The molecule has 0 spiro atoms. The number of para-hydroxylation sites is 1. The third-order valence-electron chi connectivity index (χ3n) is 2.57. The zero-order valence-corrected chi connectivity index (χ0v) is 11.0. The third kappa shape index (κ3) is 2.70. The van der Waals surface area contributed by atoms with Gasteiger partial charge in [0.2, 0.25) is 0 Å². The van der Waals surface area contributed by atoms with E-state index in [0.29, 0.717) is 0 Å². The minimum atomic E-state index is -3.93. The predicted octanol–water partition coefficient (Wildman–Crippen LogP) is 2.08. The quantitative estimate of drug-likeness (QED) is 0.846. The minimum absolute atomic E-state index is 0.151. The van der Waals surface area contributed by atoms with Crippen LogP contribution in [0.15, 0.2) is 47.4 Å². The van der Waals surface area contributed by atoms with Crippen molar-refractivity contribution in [2.45, 2.75) is 4.90 Å². The van der Waals surface area contributed by atoms with E-state index < -0.39 is 15.8 Å². The number of nitriles is 1. The van der Waals surface area contributed by atoms with E-state index in [1.807, 2.05) is 6.07 Å². The Bertz CT molecular complexity index is 798. The predicted molar refractivity (Wildman–Crippen MR) is 72.8 cm³/mol. The third-order valence-corrected chi connectivity index (χ3v) is 3.93. The zero-order chi connectivity index (χ0) is 14.8. The SMILES string of the molecule is N#Cc1ccccc1NS(=O)(=O)c1ccc(F)c(N)c1. The Hall–Kier alpha value is -2.59. The molecule has 20 heavy (non-hydrogen) atoms. The van der Waals surface area contributed by atoms with Crippen LogP contribution in [0.4, 0.5) is 15.8 Å². The van der Waals surface area contributed by atoms with Crippen molar-refractivity contribution < 1.29 is 12.8 Å². The number of sulfonamides is 1. The maximum atomic E-state index is 13.0. The van der Waals surface area contributed by atoms with Crippen molar-refractivity contribution in [3.8, 4) is 6.07 Å². The van der Waals surface area contributed by atoms with Crippen LogP contribution in [0.5, 0.6) is 0 Å². The van der Waals surface area contributed by atoms with Crippen LogP contribution >= 0.6 is 0 Å². The van der Waals surface area contributed by atoms with Gasteiger partial charge in [-0.25, -0.2) is 12.8 Å². The highest BCUT2D eigenvalue weighted by molar-refractivity contribution is 7.92. The molecule has 2 aromatic rings. The van der Waals surface area contributed by atoms with E-state index in [2.05, 4.69) is 4.72 Å². The first-order chi connectivity index (χ1) is 9.44. The fraction of sp³-hybridized carbons (Fsp3) is 0. The summed E-state index contributed by atoms with van der Waals surface area (Å²) >= 11 is 0. The second-order valence-electron chi connectivity index (χ2n) is 3.95.